The first-order chi connectivity index (χ1) is 8.95. The van der Waals surface area contributed by atoms with Gasteiger partial charge in [-0.3, -0.25) is 0 Å². The molecule has 0 unspecified atom stereocenters. The Hall–Kier alpha value is -2.02. The monoisotopic (exact) mass is 235 g/mol. The molecular formula is C17H17N. The molecule has 0 spiro atoms. The summed E-state index contributed by atoms with van der Waals surface area (Å²) in [4.78, 5) is 2.42. The van der Waals surface area contributed by atoms with Gasteiger partial charge in [-0.05, 0) is 23.7 Å². The van der Waals surface area contributed by atoms with E-state index in [-0.39, 0.29) is 0 Å². The SMILES string of the molecule is C1=CN(C(c2ccccc2)c2ccccc2)CC1. The normalized spacial score (nSPS) is 14.4. The minimum Gasteiger partial charge on any atom is -0.366 e. The summed E-state index contributed by atoms with van der Waals surface area (Å²) in [6.45, 7) is 1.11. The van der Waals surface area contributed by atoms with Crippen molar-refractivity contribution in [2.45, 2.75) is 12.5 Å². The first-order valence-electron chi connectivity index (χ1n) is 6.47. The lowest BCUT2D eigenvalue weighted by Crippen LogP contribution is -2.22. The highest BCUT2D eigenvalue weighted by molar-refractivity contribution is 5.32. The third kappa shape index (κ3) is 2.17. The number of benzene rings is 2. The maximum atomic E-state index is 2.42. The molecule has 1 heteroatoms. The molecular weight excluding hydrogens is 218 g/mol. The topological polar surface area (TPSA) is 3.24 Å². The molecule has 0 bridgehead atoms. The van der Waals surface area contributed by atoms with Gasteiger partial charge in [-0.25, -0.2) is 0 Å². The summed E-state index contributed by atoms with van der Waals surface area (Å²) >= 11 is 0. The summed E-state index contributed by atoms with van der Waals surface area (Å²) in [6, 6.07) is 21.8. The van der Waals surface area contributed by atoms with Crippen molar-refractivity contribution >= 4 is 0 Å². The van der Waals surface area contributed by atoms with Crippen LogP contribution >= 0.6 is 0 Å². The van der Waals surface area contributed by atoms with Crippen LogP contribution in [0, 0.1) is 0 Å². The molecule has 2 aromatic rings. The predicted octanol–water partition coefficient (Wildman–Crippen LogP) is 4.00. The van der Waals surface area contributed by atoms with Crippen LogP contribution in [0.3, 0.4) is 0 Å². The molecule has 3 rings (SSSR count). The van der Waals surface area contributed by atoms with Crippen molar-refractivity contribution in [1.29, 1.82) is 0 Å². The maximum Gasteiger partial charge on any atom is 0.0790 e. The zero-order valence-electron chi connectivity index (χ0n) is 10.4. The molecule has 90 valence electrons. The van der Waals surface area contributed by atoms with E-state index in [1.165, 1.54) is 11.1 Å². The first-order valence-corrected chi connectivity index (χ1v) is 6.47. The molecule has 0 atom stereocenters. The smallest absolute Gasteiger partial charge is 0.0790 e. The fraction of sp³-hybridized carbons (Fsp3) is 0.176. The molecule has 0 N–H and O–H groups in total. The lowest BCUT2D eigenvalue weighted by atomic mass is 9.97. The van der Waals surface area contributed by atoms with Crippen LogP contribution in [0.5, 0.6) is 0 Å². The van der Waals surface area contributed by atoms with Crippen molar-refractivity contribution in [3.63, 3.8) is 0 Å². The third-order valence-electron chi connectivity index (χ3n) is 3.41. The van der Waals surface area contributed by atoms with Crippen LogP contribution in [0.15, 0.2) is 72.9 Å². The number of hydrogen-bond acceptors (Lipinski definition) is 1. The van der Waals surface area contributed by atoms with Crippen molar-refractivity contribution < 1.29 is 0 Å². The summed E-state index contributed by atoms with van der Waals surface area (Å²) in [6.07, 6.45) is 5.62. The highest BCUT2D eigenvalue weighted by atomic mass is 15.1. The van der Waals surface area contributed by atoms with Gasteiger partial charge in [-0.1, -0.05) is 66.7 Å². The molecule has 1 aliphatic rings. The van der Waals surface area contributed by atoms with Gasteiger partial charge in [-0.15, -0.1) is 0 Å². The Bertz CT molecular complexity index is 476. The fourth-order valence-corrected chi connectivity index (χ4v) is 2.57. The van der Waals surface area contributed by atoms with E-state index in [4.69, 9.17) is 0 Å². The second-order valence-corrected chi connectivity index (χ2v) is 4.64. The van der Waals surface area contributed by atoms with Crippen LogP contribution in [-0.4, -0.2) is 11.4 Å². The minimum absolute atomic E-state index is 0.339. The van der Waals surface area contributed by atoms with E-state index in [1.54, 1.807) is 0 Å². The van der Waals surface area contributed by atoms with E-state index in [0.29, 0.717) is 6.04 Å². The number of rotatable bonds is 3. The van der Waals surface area contributed by atoms with E-state index in [1.807, 2.05) is 0 Å². The molecule has 1 aliphatic heterocycles. The van der Waals surface area contributed by atoms with E-state index in [0.717, 1.165) is 13.0 Å². The zero-order chi connectivity index (χ0) is 12.2. The largest absolute Gasteiger partial charge is 0.366 e. The molecule has 2 aromatic carbocycles. The van der Waals surface area contributed by atoms with Crippen LogP contribution in [0.25, 0.3) is 0 Å². The third-order valence-corrected chi connectivity index (χ3v) is 3.41. The van der Waals surface area contributed by atoms with E-state index in [9.17, 15) is 0 Å². The van der Waals surface area contributed by atoms with Crippen LogP contribution < -0.4 is 0 Å². The van der Waals surface area contributed by atoms with Gasteiger partial charge < -0.3 is 4.90 Å². The Balaban J connectivity index is 2.01. The lowest BCUT2D eigenvalue weighted by Gasteiger charge is -2.29. The molecule has 0 aromatic heterocycles. The van der Waals surface area contributed by atoms with Crippen molar-refractivity contribution in [3.8, 4) is 0 Å². The Kier molecular flexibility index (Phi) is 3.14. The summed E-state index contributed by atoms with van der Waals surface area (Å²) in [5.74, 6) is 0. The van der Waals surface area contributed by atoms with Crippen molar-refractivity contribution in [1.82, 2.24) is 4.90 Å². The van der Waals surface area contributed by atoms with Gasteiger partial charge in [0.05, 0.1) is 6.04 Å². The maximum absolute atomic E-state index is 2.42. The van der Waals surface area contributed by atoms with Gasteiger partial charge in [0.2, 0.25) is 0 Å². The van der Waals surface area contributed by atoms with Crippen LogP contribution in [0.2, 0.25) is 0 Å². The van der Waals surface area contributed by atoms with Crippen LogP contribution in [-0.2, 0) is 0 Å². The van der Waals surface area contributed by atoms with Gasteiger partial charge in [0, 0.05) is 6.54 Å². The highest BCUT2D eigenvalue weighted by Crippen LogP contribution is 2.30. The van der Waals surface area contributed by atoms with Gasteiger partial charge in [0.15, 0.2) is 0 Å². The molecule has 1 nitrogen and oxygen atoms in total. The molecule has 0 saturated heterocycles. The average molecular weight is 235 g/mol. The van der Waals surface area contributed by atoms with E-state index >= 15 is 0 Å². The van der Waals surface area contributed by atoms with Crippen molar-refractivity contribution in [2.24, 2.45) is 0 Å². The van der Waals surface area contributed by atoms with Gasteiger partial charge in [-0.2, -0.15) is 0 Å². The highest BCUT2D eigenvalue weighted by Gasteiger charge is 2.20. The van der Waals surface area contributed by atoms with Crippen LogP contribution in [0.1, 0.15) is 23.6 Å². The molecule has 0 aliphatic carbocycles. The second kappa shape index (κ2) is 5.09. The Morgan fingerprint density at radius 1 is 0.778 bits per heavy atom. The average Bonchev–Trinajstić information content (AvgIpc) is 2.95. The lowest BCUT2D eigenvalue weighted by molar-refractivity contribution is 0.343. The molecule has 0 radical (unpaired) electrons. The molecule has 0 fully saturated rings. The van der Waals surface area contributed by atoms with Crippen LogP contribution in [0.4, 0.5) is 0 Å². The Morgan fingerprint density at radius 2 is 1.33 bits per heavy atom. The minimum atomic E-state index is 0.339. The Labute approximate surface area is 108 Å². The predicted molar refractivity (Wildman–Crippen MR) is 75.2 cm³/mol. The second-order valence-electron chi connectivity index (χ2n) is 4.64. The quantitative estimate of drug-likeness (QED) is 0.777. The first kappa shape index (κ1) is 11.1. The number of nitrogens with zero attached hydrogens (tertiary/aromatic N) is 1. The standard InChI is InChI=1S/C17H17N/c1-3-9-15(10-4-1)17(18-13-7-8-14-18)16-11-5-2-6-12-16/h1-7,9-13,17H,8,14H2. The number of hydrogen-bond donors (Lipinski definition) is 0. The van der Waals surface area contributed by atoms with Gasteiger partial charge in [0.1, 0.15) is 0 Å². The van der Waals surface area contributed by atoms with Crippen molar-refractivity contribution in [2.75, 3.05) is 6.54 Å². The summed E-state index contributed by atoms with van der Waals surface area (Å²) in [5, 5.41) is 0. The van der Waals surface area contributed by atoms with E-state index < -0.39 is 0 Å². The molecule has 1 heterocycles. The Morgan fingerprint density at radius 3 is 1.78 bits per heavy atom. The van der Waals surface area contributed by atoms with Gasteiger partial charge in [0.25, 0.3) is 0 Å². The summed E-state index contributed by atoms with van der Waals surface area (Å²) in [5.41, 5.74) is 2.71. The zero-order valence-corrected chi connectivity index (χ0v) is 10.4. The van der Waals surface area contributed by atoms with Crippen molar-refractivity contribution in [3.05, 3.63) is 84.1 Å². The molecule has 0 saturated carbocycles. The summed E-state index contributed by atoms with van der Waals surface area (Å²) in [7, 11) is 0. The summed E-state index contributed by atoms with van der Waals surface area (Å²) < 4.78 is 0. The fourth-order valence-electron chi connectivity index (χ4n) is 2.57. The van der Waals surface area contributed by atoms with E-state index in [2.05, 4.69) is 77.8 Å². The molecule has 18 heavy (non-hydrogen) atoms. The molecule has 0 amide bonds. The van der Waals surface area contributed by atoms with Gasteiger partial charge >= 0.3 is 0 Å².